The molecule has 1 aromatic heterocycles. The van der Waals surface area contributed by atoms with Crippen molar-refractivity contribution in [2.75, 3.05) is 40.5 Å². The number of carbonyl (C=O) groups is 2. The maximum atomic E-state index is 13.9. The lowest BCUT2D eigenvalue weighted by Gasteiger charge is -2.32. The van der Waals surface area contributed by atoms with Crippen molar-refractivity contribution in [2.24, 2.45) is 5.92 Å². The Morgan fingerprint density at radius 2 is 1.65 bits per heavy atom. The molecule has 196 valence electrons. The van der Waals surface area contributed by atoms with Crippen molar-refractivity contribution in [1.82, 2.24) is 9.47 Å². The standard InChI is InChI=1S/C28H32N2O7/c1-5-36-20-11-9-19(10-12-20)30-17-23(21-14-24(34-3)25(35-4)15-22(21)27(30)32)26(31)29-13-7-8-18(16-29)28(33)37-6-2/h9-12,14-15,17-18H,5-8,13,16H2,1-4H3/t18-/m0/s1. The molecule has 2 aromatic carbocycles. The number of amides is 1. The number of benzene rings is 2. The van der Waals surface area contributed by atoms with E-state index in [-0.39, 0.29) is 29.9 Å². The SMILES string of the molecule is CCOC(=O)[C@H]1CCCN(C(=O)c2cn(-c3ccc(OCC)cc3)c(=O)c3cc(OC)c(OC)cc23)C1. The van der Waals surface area contributed by atoms with Gasteiger partial charge in [0.05, 0.1) is 44.3 Å². The summed E-state index contributed by atoms with van der Waals surface area (Å²) in [6, 6.07) is 10.3. The van der Waals surface area contributed by atoms with E-state index in [2.05, 4.69) is 0 Å². The minimum atomic E-state index is -0.379. The number of piperidine rings is 1. The summed E-state index contributed by atoms with van der Waals surface area (Å²) in [5, 5.41) is 0.768. The average molecular weight is 509 g/mol. The normalized spacial score (nSPS) is 15.4. The van der Waals surface area contributed by atoms with Crippen molar-refractivity contribution in [3.05, 3.63) is 58.5 Å². The molecule has 1 amide bonds. The molecule has 1 fully saturated rings. The van der Waals surface area contributed by atoms with Gasteiger partial charge >= 0.3 is 5.97 Å². The Morgan fingerprint density at radius 1 is 0.973 bits per heavy atom. The van der Waals surface area contributed by atoms with E-state index < -0.39 is 0 Å². The summed E-state index contributed by atoms with van der Waals surface area (Å²) < 4.78 is 23.1. The van der Waals surface area contributed by atoms with Gasteiger partial charge in [-0.05, 0) is 63.1 Å². The number of hydrogen-bond donors (Lipinski definition) is 0. The van der Waals surface area contributed by atoms with E-state index >= 15 is 0 Å². The van der Waals surface area contributed by atoms with Crippen LogP contribution < -0.4 is 19.8 Å². The number of hydrogen-bond acceptors (Lipinski definition) is 7. The second-order valence-electron chi connectivity index (χ2n) is 8.74. The predicted molar refractivity (Wildman–Crippen MR) is 139 cm³/mol. The van der Waals surface area contributed by atoms with Crippen LogP contribution in [0.5, 0.6) is 17.2 Å². The van der Waals surface area contributed by atoms with Crippen molar-refractivity contribution >= 4 is 22.6 Å². The first-order valence-corrected chi connectivity index (χ1v) is 12.4. The highest BCUT2D eigenvalue weighted by Gasteiger charge is 2.31. The lowest BCUT2D eigenvalue weighted by Crippen LogP contribution is -2.43. The summed E-state index contributed by atoms with van der Waals surface area (Å²) in [5.74, 6) is 0.527. The Bertz CT molecular complexity index is 1350. The highest BCUT2D eigenvalue weighted by molar-refractivity contribution is 6.07. The van der Waals surface area contributed by atoms with E-state index in [0.29, 0.717) is 71.9 Å². The van der Waals surface area contributed by atoms with Gasteiger partial charge in [-0.2, -0.15) is 0 Å². The second kappa shape index (κ2) is 11.4. The quantitative estimate of drug-likeness (QED) is 0.427. The first-order valence-electron chi connectivity index (χ1n) is 12.4. The minimum absolute atomic E-state index is 0.259. The van der Waals surface area contributed by atoms with Crippen LogP contribution in [0.2, 0.25) is 0 Å². The molecule has 9 heteroatoms. The molecule has 0 saturated carbocycles. The summed E-state index contributed by atoms with van der Waals surface area (Å²) in [6.07, 6.45) is 2.91. The fourth-order valence-electron chi connectivity index (χ4n) is 4.68. The lowest BCUT2D eigenvalue weighted by molar-refractivity contribution is -0.149. The van der Waals surface area contributed by atoms with Gasteiger partial charge in [0.15, 0.2) is 11.5 Å². The highest BCUT2D eigenvalue weighted by atomic mass is 16.5. The summed E-state index contributed by atoms with van der Waals surface area (Å²) in [5.41, 5.74) is 0.607. The molecule has 3 aromatic rings. The Hall–Kier alpha value is -4.01. The molecule has 4 rings (SSSR count). The largest absolute Gasteiger partial charge is 0.494 e. The van der Waals surface area contributed by atoms with Gasteiger partial charge in [-0.15, -0.1) is 0 Å². The van der Waals surface area contributed by atoms with E-state index in [9.17, 15) is 14.4 Å². The smallest absolute Gasteiger partial charge is 0.310 e. The van der Waals surface area contributed by atoms with Crippen LogP contribution in [0.3, 0.4) is 0 Å². The fraction of sp³-hybridized carbons (Fsp3) is 0.393. The number of rotatable bonds is 8. The van der Waals surface area contributed by atoms with E-state index in [1.807, 2.05) is 6.92 Å². The van der Waals surface area contributed by atoms with E-state index in [0.717, 1.165) is 0 Å². The van der Waals surface area contributed by atoms with E-state index in [4.69, 9.17) is 18.9 Å². The van der Waals surface area contributed by atoms with Gasteiger partial charge in [-0.1, -0.05) is 0 Å². The van der Waals surface area contributed by atoms with E-state index in [1.54, 1.807) is 54.4 Å². The number of methoxy groups -OCH3 is 2. The number of nitrogens with zero attached hydrogens (tertiary/aromatic N) is 2. The molecular weight excluding hydrogens is 476 g/mol. The third-order valence-corrected chi connectivity index (χ3v) is 6.51. The maximum absolute atomic E-state index is 13.9. The van der Waals surface area contributed by atoms with Gasteiger partial charge in [-0.3, -0.25) is 19.0 Å². The number of carbonyl (C=O) groups excluding carboxylic acids is 2. The Kier molecular flexibility index (Phi) is 8.01. The molecule has 0 radical (unpaired) electrons. The summed E-state index contributed by atoms with van der Waals surface area (Å²) in [7, 11) is 2.99. The third-order valence-electron chi connectivity index (χ3n) is 6.51. The number of pyridine rings is 1. The number of fused-ring (bicyclic) bond motifs is 1. The van der Waals surface area contributed by atoms with Crippen LogP contribution in [0, 0.1) is 5.92 Å². The van der Waals surface area contributed by atoms with Crippen molar-refractivity contribution in [1.29, 1.82) is 0 Å². The molecule has 37 heavy (non-hydrogen) atoms. The summed E-state index contributed by atoms with van der Waals surface area (Å²) in [6.45, 7) is 5.25. The Morgan fingerprint density at radius 3 is 2.27 bits per heavy atom. The monoisotopic (exact) mass is 508 g/mol. The lowest BCUT2D eigenvalue weighted by atomic mass is 9.97. The Balaban J connectivity index is 1.85. The molecule has 2 heterocycles. The highest BCUT2D eigenvalue weighted by Crippen LogP contribution is 2.33. The molecule has 0 bridgehead atoms. The van der Waals surface area contributed by atoms with Crippen molar-refractivity contribution < 1.29 is 28.5 Å². The van der Waals surface area contributed by atoms with Gasteiger partial charge < -0.3 is 23.8 Å². The topological polar surface area (TPSA) is 96.3 Å². The van der Waals surface area contributed by atoms with Crippen LogP contribution in [0.4, 0.5) is 0 Å². The van der Waals surface area contributed by atoms with Gasteiger partial charge in [0.1, 0.15) is 5.75 Å². The predicted octanol–water partition coefficient (Wildman–Crippen LogP) is 3.82. The van der Waals surface area contributed by atoms with Crippen LogP contribution >= 0.6 is 0 Å². The van der Waals surface area contributed by atoms with Crippen LogP contribution in [-0.4, -0.2) is 61.9 Å². The van der Waals surface area contributed by atoms with Crippen molar-refractivity contribution in [3.8, 4) is 22.9 Å². The average Bonchev–Trinajstić information content (AvgIpc) is 2.93. The zero-order valence-corrected chi connectivity index (χ0v) is 21.6. The van der Waals surface area contributed by atoms with Gasteiger partial charge in [0.2, 0.25) is 0 Å². The summed E-state index contributed by atoms with van der Waals surface area (Å²) in [4.78, 5) is 41.6. The van der Waals surface area contributed by atoms with Gasteiger partial charge in [-0.25, -0.2) is 0 Å². The zero-order valence-electron chi connectivity index (χ0n) is 21.6. The molecular formula is C28H32N2O7. The molecule has 0 spiro atoms. The van der Waals surface area contributed by atoms with Crippen molar-refractivity contribution in [3.63, 3.8) is 0 Å². The van der Waals surface area contributed by atoms with Crippen LogP contribution in [0.25, 0.3) is 16.5 Å². The van der Waals surface area contributed by atoms with Gasteiger partial charge in [0, 0.05) is 30.4 Å². The van der Waals surface area contributed by atoms with Crippen molar-refractivity contribution in [2.45, 2.75) is 26.7 Å². The van der Waals surface area contributed by atoms with E-state index in [1.165, 1.54) is 18.8 Å². The molecule has 0 unspecified atom stereocenters. The second-order valence-corrected chi connectivity index (χ2v) is 8.74. The molecule has 1 atom stereocenters. The number of esters is 1. The molecule has 9 nitrogen and oxygen atoms in total. The van der Waals surface area contributed by atoms with Gasteiger partial charge in [0.25, 0.3) is 11.5 Å². The number of ether oxygens (including phenoxy) is 4. The fourth-order valence-corrected chi connectivity index (χ4v) is 4.68. The van der Waals surface area contributed by atoms with Crippen LogP contribution in [0.15, 0.2) is 47.4 Å². The molecule has 0 aliphatic carbocycles. The molecule has 1 saturated heterocycles. The maximum Gasteiger partial charge on any atom is 0.310 e. The first-order chi connectivity index (χ1) is 17.9. The number of likely N-dealkylation sites (tertiary alicyclic amines) is 1. The molecule has 0 N–H and O–H groups in total. The first kappa shape index (κ1) is 26.1. The summed E-state index contributed by atoms with van der Waals surface area (Å²) >= 11 is 0. The number of aromatic nitrogens is 1. The zero-order chi connectivity index (χ0) is 26.5. The molecule has 1 aliphatic rings. The molecule has 1 aliphatic heterocycles. The minimum Gasteiger partial charge on any atom is -0.494 e. The third kappa shape index (κ3) is 5.26. The van der Waals surface area contributed by atoms with Crippen LogP contribution in [-0.2, 0) is 9.53 Å². The van der Waals surface area contributed by atoms with Crippen LogP contribution in [0.1, 0.15) is 37.0 Å². The Labute approximate surface area is 215 Å².